The van der Waals surface area contributed by atoms with Gasteiger partial charge in [0.1, 0.15) is 23.7 Å². The van der Waals surface area contributed by atoms with Crippen molar-refractivity contribution >= 4 is 56.8 Å². The number of imidazole rings is 1. The maximum absolute atomic E-state index is 13.0. The molecule has 0 radical (unpaired) electrons. The van der Waals surface area contributed by atoms with E-state index in [2.05, 4.69) is 30.3 Å². The molecule has 0 saturated carbocycles. The number of carbonyl (C=O) groups excluding carboxylic acids is 3. The lowest BCUT2D eigenvalue weighted by Crippen LogP contribution is -2.37. The predicted molar refractivity (Wildman–Crippen MR) is 161 cm³/mol. The van der Waals surface area contributed by atoms with Crippen LogP contribution in [0.5, 0.6) is 0 Å². The minimum Gasteiger partial charge on any atom is -0.349 e. The maximum Gasteiger partial charge on any atom is 0.433 e. The number of aromatic nitrogens is 4. The Morgan fingerprint density at radius 1 is 1.04 bits per heavy atom. The van der Waals surface area contributed by atoms with Gasteiger partial charge < -0.3 is 26.3 Å². The van der Waals surface area contributed by atoms with Crippen LogP contribution >= 0.6 is 23.1 Å². The summed E-state index contributed by atoms with van der Waals surface area (Å²) in [5, 5.41) is 9.13. The zero-order valence-corrected chi connectivity index (χ0v) is 25.1. The van der Waals surface area contributed by atoms with Crippen LogP contribution in [0.2, 0.25) is 5.02 Å². The van der Waals surface area contributed by atoms with Crippen molar-refractivity contribution in [3.8, 4) is 0 Å². The molecule has 4 heterocycles. The van der Waals surface area contributed by atoms with Crippen LogP contribution in [0, 0.1) is 5.82 Å². The molecule has 1 aliphatic rings. The Morgan fingerprint density at radius 2 is 1.78 bits per heavy atom. The fourth-order valence-electron chi connectivity index (χ4n) is 4.42. The molecule has 3 aromatic heterocycles. The highest BCUT2D eigenvalue weighted by Crippen LogP contribution is 2.29. The van der Waals surface area contributed by atoms with Crippen LogP contribution in [0.4, 0.5) is 23.4 Å². The average Bonchev–Trinajstić information content (AvgIpc) is 3.62. The van der Waals surface area contributed by atoms with Crippen molar-refractivity contribution in [3.63, 3.8) is 0 Å². The predicted octanol–water partition coefficient (Wildman–Crippen LogP) is 4.66. The fraction of sp³-hybridized carbons (Fsp3) is 0.172. The van der Waals surface area contributed by atoms with Crippen LogP contribution in [0.1, 0.15) is 43.8 Å². The van der Waals surface area contributed by atoms with Crippen LogP contribution < -0.4 is 21.7 Å². The summed E-state index contributed by atoms with van der Waals surface area (Å²) in [6, 6.07) is 14.9. The molecule has 17 heteroatoms. The molecular weight excluding hydrogens is 652 g/mol. The normalized spacial score (nSPS) is 12.5. The van der Waals surface area contributed by atoms with E-state index in [-0.39, 0.29) is 60.9 Å². The standard InChI is InChI=1S/C23H19F3N8O3S.C6H4ClF/c24-23(25,26)16-6-5-11(13(7-27)30-16)8-29-22(37)20-31-19(14-9-28-17(35)10-34(14)20)32-21(36)18-12-3-1-2-4-15(12)38-33-18;7-5-1-3-6(8)4-2-5/h1-6H,7-10,27H2,(H,28,35)(H,29,37)(H,32,36);1-4H. The number of amides is 3. The summed E-state index contributed by atoms with van der Waals surface area (Å²) in [5.74, 6) is -1.92. The van der Waals surface area contributed by atoms with Gasteiger partial charge in [-0.05, 0) is 53.5 Å². The molecular formula is C29H23ClF4N8O3S. The van der Waals surface area contributed by atoms with Crippen LogP contribution in [0.3, 0.4) is 0 Å². The molecule has 0 unspecified atom stereocenters. The van der Waals surface area contributed by atoms with Crippen molar-refractivity contribution in [3.05, 3.63) is 106 Å². The summed E-state index contributed by atoms with van der Waals surface area (Å²) in [6.45, 7) is -0.643. The number of halogens is 5. The van der Waals surface area contributed by atoms with Crippen LogP contribution in [0.25, 0.3) is 10.1 Å². The number of pyridine rings is 1. The summed E-state index contributed by atoms with van der Waals surface area (Å²) in [6.07, 6.45) is -4.63. The highest BCUT2D eigenvalue weighted by molar-refractivity contribution is 7.13. The van der Waals surface area contributed by atoms with Crippen molar-refractivity contribution in [1.29, 1.82) is 0 Å². The van der Waals surface area contributed by atoms with Crippen LogP contribution in [-0.2, 0) is 37.1 Å². The molecule has 0 bridgehead atoms. The summed E-state index contributed by atoms with van der Waals surface area (Å²) in [5.41, 5.74) is 5.35. The van der Waals surface area contributed by atoms with Gasteiger partial charge >= 0.3 is 6.18 Å². The number of rotatable bonds is 6. The lowest BCUT2D eigenvalue weighted by Gasteiger charge is -2.18. The summed E-state index contributed by atoms with van der Waals surface area (Å²) < 4.78 is 57.4. The number of nitrogens with zero attached hydrogens (tertiary/aromatic N) is 4. The van der Waals surface area contributed by atoms with Crippen molar-refractivity contribution in [2.45, 2.75) is 32.4 Å². The summed E-state index contributed by atoms with van der Waals surface area (Å²) in [4.78, 5) is 45.9. The monoisotopic (exact) mass is 674 g/mol. The van der Waals surface area contributed by atoms with Gasteiger partial charge in [-0.2, -0.15) is 17.5 Å². The van der Waals surface area contributed by atoms with E-state index < -0.39 is 23.7 Å². The quantitative estimate of drug-likeness (QED) is 0.191. The fourth-order valence-corrected chi connectivity index (χ4v) is 5.32. The third kappa shape index (κ3) is 7.30. The molecule has 46 heavy (non-hydrogen) atoms. The molecule has 2 aromatic carbocycles. The molecule has 5 aromatic rings. The Bertz CT molecular complexity index is 1910. The minimum absolute atomic E-state index is 0.0203. The molecule has 0 fully saturated rings. The second-order valence-corrected chi connectivity index (χ2v) is 10.9. The number of hydrogen-bond donors (Lipinski definition) is 4. The highest BCUT2D eigenvalue weighted by Gasteiger charge is 2.33. The van der Waals surface area contributed by atoms with E-state index in [1.807, 2.05) is 12.1 Å². The zero-order valence-electron chi connectivity index (χ0n) is 23.5. The smallest absolute Gasteiger partial charge is 0.349 e. The first kappa shape index (κ1) is 32.5. The topological polar surface area (TPSA) is 157 Å². The Morgan fingerprint density at radius 3 is 2.48 bits per heavy atom. The molecule has 0 aliphatic carbocycles. The van der Waals surface area contributed by atoms with Crippen LogP contribution in [-0.4, -0.2) is 36.6 Å². The van der Waals surface area contributed by atoms with E-state index in [1.54, 1.807) is 12.1 Å². The van der Waals surface area contributed by atoms with Gasteiger partial charge in [-0.1, -0.05) is 35.9 Å². The van der Waals surface area contributed by atoms with Gasteiger partial charge in [0.2, 0.25) is 11.7 Å². The number of nitrogens with one attached hydrogen (secondary N) is 3. The van der Waals surface area contributed by atoms with E-state index in [9.17, 15) is 31.9 Å². The average molecular weight is 675 g/mol. The molecule has 11 nitrogen and oxygen atoms in total. The van der Waals surface area contributed by atoms with E-state index in [0.29, 0.717) is 21.7 Å². The molecule has 1 aliphatic heterocycles. The maximum atomic E-state index is 13.0. The van der Waals surface area contributed by atoms with E-state index in [4.69, 9.17) is 17.3 Å². The summed E-state index contributed by atoms with van der Waals surface area (Å²) in [7, 11) is 0. The highest BCUT2D eigenvalue weighted by atomic mass is 35.5. The van der Waals surface area contributed by atoms with Crippen molar-refractivity contribution < 1.29 is 31.9 Å². The number of fused-ring (bicyclic) bond motifs is 2. The molecule has 0 saturated heterocycles. The Kier molecular flexibility index (Phi) is 9.60. The van der Waals surface area contributed by atoms with E-state index >= 15 is 0 Å². The molecule has 238 valence electrons. The van der Waals surface area contributed by atoms with Gasteiger partial charge in [-0.25, -0.2) is 14.4 Å². The Hall–Kier alpha value is -4.93. The van der Waals surface area contributed by atoms with Gasteiger partial charge in [0.25, 0.3) is 11.8 Å². The number of nitrogens with two attached hydrogens (primary N) is 1. The first-order valence-electron chi connectivity index (χ1n) is 13.4. The number of alkyl halides is 3. The lowest BCUT2D eigenvalue weighted by atomic mass is 10.1. The number of anilines is 1. The molecule has 6 rings (SSSR count). The molecule has 0 atom stereocenters. The Labute approximate surface area is 267 Å². The number of hydrogen-bond acceptors (Lipinski definition) is 8. The van der Waals surface area contributed by atoms with E-state index in [1.165, 1.54) is 46.4 Å². The SMILES string of the molecule is Fc1ccc(Cl)cc1.NCc1nc(C(F)(F)F)ccc1CNC(=O)c1nc(NC(=O)c2nsc3ccccc23)c2n1CC(=O)NC2. The third-order valence-corrected chi connectivity index (χ3v) is 7.73. The minimum atomic E-state index is -4.63. The summed E-state index contributed by atoms with van der Waals surface area (Å²) >= 11 is 6.61. The van der Waals surface area contributed by atoms with Crippen LogP contribution in [0.15, 0.2) is 60.7 Å². The van der Waals surface area contributed by atoms with Crippen molar-refractivity contribution in [2.75, 3.05) is 5.32 Å². The van der Waals surface area contributed by atoms with Gasteiger partial charge in [-0.3, -0.25) is 14.4 Å². The van der Waals surface area contributed by atoms with Gasteiger partial charge in [0.05, 0.1) is 22.6 Å². The Balaban J connectivity index is 0.000000455. The largest absolute Gasteiger partial charge is 0.433 e. The molecule has 0 spiro atoms. The van der Waals surface area contributed by atoms with Crippen molar-refractivity contribution in [2.24, 2.45) is 5.73 Å². The second kappa shape index (κ2) is 13.6. The number of carbonyl (C=O) groups is 3. The zero-order chi connectivity index (χ0) is 33.0. The van der Waals surface area contributed by atoms with Gasteiger partial charge in [0, 0.05) is 23.5 Å². The second-order valence-electron chi connectivity index (χ2n) is 9.70. The first-order chi connectivity index (χ1) is 21.9. The molecule has 3 amide bonds. The molecule has 5 N–H and O–H groups in total. The first-order valence-corrected chi connectivity index (χ1v) is 14.6. The number of benzene rings is 2. The van der Waals surface area contributed by atoms with E-state index in [0.717, 1.165) is 10.8 Å². The van der Waals surface area contributed by atoms with Gasteiger partial charge in [-0.15, -0.1) is 0 Å². The van der Waals surface area contributed by atoms with Gasteiger partial charge in [0.15, 0.2) is 5.82 Å². The third-order valence-electron chi connectivity index (χ3n) is 6.65. The van der Waals surface area contributed by atoms with Crippen molar-refractivity contribution in [1.82, 2.24) is 29.5 Å². The lowest BCUT2D eigenvalue weighted by molar-refractivity contribution is -0.141.